The predicted molar refractivity (Wildman–Crippen MR) is 76.9 cm³/mol. The molecule has 0 saturated carbocycles. The number of benzene rings is 1. The van der Waals surface area contributed by atoms with Crippen molar-refractivity contribution >= 4 is 5.69 Å². The van der Waals surface area contributed by atoms with Crippen molar-refractivity contribution < 1.29 is 14.8 Å². The highest BCUT2D eigenvalue weighted by Gasteiger charge is 2.11. The molecule has 0 radical (unpaired) electrons. The summed E-state index contributed by atoms with van der Waals surface area (Å²) < 4.78 is 5.63. The average Bonchev–Trinajstić information content (AvgIpc) is 2.44. The topological polar surface area (TPSA) is 84.6 Å². The van der Waals surface area contributed by atoms with Gasteiger partial charge in [-0.3, -0.25) is 10.1 Å². The maximum atomic E-state index is 10.8. The molecule has 1 aromatic carbocycles. The van der Waals surface area contributed by atoms with Crippen molar-refractivity contribution in [2.75, 3.05) is 19.8 Å². The first-order valence-electron chi connectivity index (χ1n) is 6.90. The zero-order valence-electron chi connectivity index (χ0n) is 11.8. The van der Waals surface area contributed by atoms with Crippen molar-refractivity contribution in [1.82, 2.24) is 5.32 Å². The summed E-state index contributed by atoms with van der Waals surface area (Å²) in [5, 5.41) is 22.7. The molecule has 0 unspecified atom stereocenters. The van der Waals surface area contributed by atoms with Gasteiger partial charge in [-0.1, -0.05) is 6.92 Å². The van der Waals surface area contributed by atoms with Gasteiger partial charge in [-0.05, 0) is 31.9 Å². The highest BCUT2D eigenvalue weighted by molar-refractivity contribution is 5.43. The predicted octanol–water partition coefficient (Wildman–Crippen LogP) is 2.25. The monoisotopic (exact) mass is 282 g/mol. The summed E-state index contributed by atoms with van der Waals surface area (Å²) in [6.45, 7) is 4.11. The van der Waals surface area contributed by atoms with Gasteiger partial charge in [0.15, 0.2) is 0 Å². The van der Waals surface area contributed by atoms with Crippen LogP contribution < -0.4 is 10.1 Å². The molecule has 0 aliphatic heterocycles. The number of ether oxygens (including phenoxy) is 1. The van der Waals surface area contributed by atoms with Gasteiger partial charge in [-0.2, -0.15) is 0 Å². The highest BCUT2D eigenvalue weighted by Crippen LogP contribution is 2.24. The van der Waals surface area contributed by atoms with Crippen LogP contribution in [-0.4, -0.2) is 29.8 Å². The van der Waals surface area contributed by atoms with Crippen LogP contribution in [-0.2, 0) is 6.54 Å². The molecular weight excluding hydrogens is 260 g/mol. The zero-order valence-corrected chi connectivity index (χ0v) is 11.8. The number of aliphatic hydroxyl groups excluding tert-OH is 1. The SMILES string of the molecule is CCCNCc1cc([N+](=O)[O-])ccc1OCCCCO. The molecule has 6 nitrogen and oxygen atoms in total. The Hall–Kier alpha value is -1.66. The molecule has 0 atom stereocenters. The van der Waals surface area contributed by atoms with Crippen molar-refractivity contribution in [2.24, 2.45) is 0 Å². The molecule has 0 amide bonds. The summed E-state index contributed by atoms with van der Waals surface area (Å²) in [6.07, 6.45) is 2.45. The molecule has 0 aliphatic carbocycles. The van der Waals surface area contributed by atoms with Crippen molar-refractivity contribution in [3.63, 3.8) is 0 Å². The Balaban J connectivity index is 2.71. The van der Waals surface area contributed by atoms with Crippen LogP contribution in [0.3, 0.4) is 0 Å². The minimum Gasteiger partial charge on any atom is -0.493 e. The van der Waals surface area contributed by atoms with Gasteiger partial charge in [0.2, 0.25) is 0 Å². The average molecular weight is 282 g/mol. The zero-order chi connectivity index (χ0) is 14.8. The first-order chi connectivity index (χ1) is 9.69. The quantitative estimate of drug-likeness (QED) is 0.390. The lowest BCUT2D eigenvalue weighted by molar-refractivity contribution is -0.384. The van der Waals surface area contributed by atoms with Gasteiger partial charge >= 0.3 is 0 Å². The summed E-state index contributed by atoms with van der Waals surface area (Å²) >= 11 is 0. The smallest absolute Gasteiger partial charge is 0.270 e. The van der Waals surface area contributed by atoms with Gasteiger partial charge in [-0.25, -0.2) is 0 Å². The molecule has 1 aromatic rings. The Morgan fingerprint density at radius 3 is 2.85 bits per heavy atom. The van der Waals surface area contributed by atoms with Crippen LogP contribution in [0.25, 0.3) is 0 Å². The maximum absolute atomic E-state index is 10.8. The van der Waals surface area contributed by atoms with Crippen LogP contribution >= 0.6 is 0 Å². The van der Waals surface area contributed by atoms with Crippen molar-refractivity contribution in [3.05, 3.63) is 33.9 Å². The van der Waals surface area contributed by atoms with Gasteiger partial charge in [-0.15, -0.1) is 0 Å². The number of aliphatic hydroxyl groups is 1. The summed E-state index contributed by atoms with van der Waals surface area (Å²) in [7, 11) is 0. The third-order valence-corrected chi connectivity index (χ3v) is 2.81. The number of nitro groups is 1. The Morgan fingerprint density at radius 1 is 1.40 bits per heavy atom. The van der Waals surface area contributed by atoms with Crippen LogP contribution in [0.4, 0.5) is 5.69 Å². The van der Waals surface area contributed by atoms with Gasteiger partial charge < -0.3 is 15.2 Å². The second-order valence-corrected chi connectivity index (χ2v) is 4.51. The molecule has 1 rings (SSSR count). The molecule has 0 aliphatic rings. The molecule has 0 spiro atoms. The minimum atomic E-state index is -0.404. The second-order valence-electron chi connectivity index (χ2n) is 4.51. The summed E-state index contributed by atoms with van der Waals surface area (Å²) in [5.41, 5.74) is 0.859. The maximum Gasteiger partial charge on any atom is 0.270 e. The molecule has 112 valence electrons. The molecule has 6 heteroatoms. The lowest BCUT2D eigenvalue weighted by Crippen LogP contribution is -2.15. The number of non-ortho nitro benzene ring substituents is 1. The number of rotatable bonds is 10. The van der Waals surface area contributed by atoms with Crippen LogP contribution in [0, 0.1) is 10.1 Å². The number of unbranched alkanes of at least 4 members (excludes halogenated alkanes) is 1. The first-order valence-corrected chi connectivity index (χ1v) is 6.90. The molecule has 0 aromatic heterocycles. The Labute approximate surface area is 118 Å². The number of hydrogen-bond donors (Lipinski definition) is 2. The number of nitrogens with one attached hydrogen (secondary N) is 1. The fourth-order valence-electron chi connectivity index (χ4n) is 1.75. The molecule has 0 fully saturated rings. The summed E-state index contributed by atoms with van der Waals surface area (Å²) in [6, 6.07) is 4.63. The van der Waals surface area contributed by atoms with E-state index in [0.29, 0.717) is 25.3 Å². The first kappa shape index (κ1) is 16.4. The molecule has 20 heavy (non-hydrogen) atoms. The lowest BCUT2D eigenvalue weighted by Gasteiger charge is -2.12. The fourth-order valence-corrected chi connectivity index (χ4v) is 1.75. The van der Waals surface area contributed by atoms with E-state index in [1.807, 2.05) is 0 Å². The Kier molecular flexibility index (Phi) is 7.60. The molecule has 0 bridgehead atoms. The van der Waals surface area contributed by atoms with Crippen LogP contribution in [0.2, 0.25) is 0 Å². The molecule has 2 N–H and O–H groups in total. The van der Waals surface area contributed by atoms with E-state index >= 15 is 0 Å². The van der Waals surface area contributed by atoms with E-state index in [9.17, 15) is 10.1 Å². The lowest BCUT2D eigenvalue weighted by atomic mass is 10.1. The molecule has 0 saturated heterocycles. The van der Waals surface area contributed by atoms with E-state index in [1.165, 1.54) is 6.07 Å². The number of hydrogen-bond acceptors (Lipinski definition) is 5. The van der Waals surface area contributed by atoms with E-state index in [-0.39, 0.29) is 12.3 Å². The molecular formula is C14H22N2O4. The summed E-state index contributed by atoms with van der Waals surface area (Å²) in [4.78, 5) is 10.4. The third kappa shape index (κ3) is 5.54. The van der Waals surface area contributed by atoms with E-state index in [4.69, 9.17) is 9.84 Å². The number of nitrogens with zero attached hydrogens (tertiary/aromatic N) is 1. The second kappa shape index (κ2) is 9.28. The molecule has 0 heterocycles. The summed E-state index contributed by atoms with van der Waals surface area (Å²) in [5.74, 6) is 0.664. The highest BCUT2D eigenvalue weighted by atomic mass is 16.6. The van der Waals surface area contributed by atoms with Gasteiger partial charge in [0, 0.05) is 30.8 Å². The van der Waals surface area contributed by atoms with Gasteiger partial charge in [0.1, 0.15) is 5.75 Å². The van der Waals surface area contributed by atoms with E-state index in [1.54, 1.807) is 12.1 Å². The van der Waals surface area contributed by atoms with Gasteiger partial charge in [0.05, 0.1) is 11.5 Å². The van der Waals surface area contributed by atoms with Crippen LogP contribution in [0.15, 0.2) is 18.2 Å². The minimum absolute atomic E-state index is 0.0704. The van der Waals surface area contributed by atoms with Crippen LogP contribution in [0.5, 0.6) is 5.75 Å². The normalized spacial score (nSPS) is 10.5. The van der Waals surface area contributed by atoms with E-state index in [0.717, 1.165) is 24.9 Å². The van der Waals surface area contributed by atoms with E-state index < -0.39 is 4.92 Å². The Bertz CT molecular complexity index is 424. The number of nitro benzene ring substituents is 1. The largest absolute Gasteiger partial charge is 0.493 e. The van der Waals surface area contributed by atoms with Crippen LogP contribution in [0.1, 0.15) is 31.7 Å². The van der Waals surface area contributed by atoms with Crippen molar-refractivity contribution in [3.8, 4) is 5.75 Å². The van der Waals surface area contributed by atoms with Gasteiger partial charge in [0.25, 0.3) is 5.69 Å². The van der Waals surface area contributed by atoms with Crippen molar-refractivity contribution in [2.45, 2.75) is 32.7 Å². The fraction of sp³-hybridized carbons (Fsp3) is 0.571. The van der Waals surface area contributed by atoms with E-state index in [2.05, 4.69) is 12.2 Å². The van der Waals surface area contributed by atoms with Crippen molar-refractivity contribution in [1.29, 1.82) is 0 Å². The third-order valence-electron chi connectivity index (χ3n) is 2.81. The standard InChI is InChI=1S/C14H22N2O4/c1-2-7-15-11-12-10-13(16(18)19)5-6-14(12)20-9-4-3-8-17/h5-6,10,15,17H,2-4,7-9,11H2,1H3. The Morgan fingerprint density at radius 2 is 2.20 bits per heavy atom.